The van der Waals surface area contributed by atoms with E-state index in [9.17, 15) is 4.79 Å². The highest BCUT2D eigenvalue weighted by molar-refractivity contribution is 5.74. The van der Waals surface area contributed by atoms with E-state index in [-0.39, 0.29) is 6.61 Å². The first-order valence-electron chi connectivity index (χ1n) is 5.28. The number of hydrogen-bond acceptors (Lipinski definition) is 4. The summed E-state index contributed by atoms with van der Waals surface area (Å²) in [4.78, 5) is 10.4. The summed E-state index contributed by atoms with van der Waals surface area (Å²) in [6.45, 7) is 1.67. The Morgan fingerprint density at radius 3 is 3.06 bits per heavy atom. The van der Waals surface area contributed by atoms with Gasteiger partial charge in [0.25, 0.3) is 0 Å². The number of primary amides is 1. The van der Waals surface area contributed by atoms with Crippen LogP contribution in [0.5, 0.6) is 0 Å². The van der Waals surface area contributed by atoms with E-state index in [1.54, 1.807) is 6.07 Å². The lowest BCUT2D eigenvalue weighted by molar-refractivity contribution is -0.122. The van der Waals surface area contributed by atoms with Gasteiger partial charge in [-0.1, -0.05) is 12.1 Å². The van der Waals surface area contributed by atoms with Gasteiger partial charge in [-0.3, -0.25) is 4.79 Å². The van der Waals surface area contributed by atoms with Crippen LogP contribution in [0.1, 0.15) is 11.1 Å². The van der Waals surface area contributed by atoms with E-state index >= 15 is 0 Å². The van der Waals surface area contributed by atoms with Gasteiger partial charge < -0.3 is 15.8 Å². The van der Waals surface area contributed by atoms with Crippen LogP contribution in [0, 0.1) is 11.3 Å². The minimum atomic E-state index is -0.466. The highest BCUT2D eigenvalue weighted by Gasteiger charge is 1.96. The monoisotopic (exact) mass is 233 g/mol. The van der Waals surface area contributed by atoms with Crippen molar-refractivity contribution in [2.45, 2.75) is 6.54 Å². The molecule has 0 aliphatic carbocycles. The highest BCUT2D eigenvalue weighted by atomic mass is 16.5. The summed E-state index contributed by atoms with van der Waals surface area (Å²) in [6.07, 6.45) is 0. The van der Waals surface area contributed by atoms with Gasteiger partial charge in [0.1, 0.15) is 6.61 Å². The predicted octanol–water partition coefficient (Wildman–Crippen LogP) is 0.150. The molecular weight excluding hydrogens is 218 g/mol. The number of nitrogens with one attached hydrogen (secondary N) is 1. The molecule has 0 aromatic heterocycles. The molecule has 1 amide bonds. The van der Waals surface area contributed by atoms with Crippen LogP contribution in [-0.2, 0) is 16.1 Å². The second-order valence-electron chi connectivity index (χ2n) is 3.51. The summed E-state index contributed by atoms with van der Waals surface area (Å²) in [5, 5.41) is 11.9. The molecule has 5 heteroatoms. The topological polar surface area (TPSA) is 88.1 Å². The minimum absolute atomic E-state index is 0.0500. The van der Waals surface area contributed by atoms with Gasteiger partial charge in [0.05, 0.1) is 18.2 Å². The van der Waals surface area contributed by atoms with Crippen molar-refractivity contribution in [3.8, 4) is 6.07 Å². The first-order chi connectivity index (χ1) is 8.22. The quantitative estimate of drug-likeness (QED) is 0.656. The zero-order chi connectivity index (χ0) is 12.5. The highest BCUT2D eigenvalue weighted by Crippen LogP contribution is 2.03. The normalized spacial score (nSPS) is 9.82. The van der Waals surface area contributed by atoms with Gasteiger partial charge in [-0.2, -0.15) is 5.26 Å². The maximum Gasteiger partial charge on any atom is 0.243 e. The number of carbonyl (C=O) groups is 1. The Morgan fingerprint density at radius 2 is 2.35 bits per heavy atom. The Labute approximate surface area is 100 Å². The third-order valence-corrected chi connectivity index (χ3v) is 2.05. The third kappa shape index (κ3) is 5.66. The molecule has 0 saturated carbocycles. The molecule has 3 N–H and O–H groups in total. The fourth-order valence-corrected chi connectivity index (χ4v) is 1.30. The Hall–Kier alpha value is -1.90. The predicted molar refractivity (Wildman–Crippen MR) is 62.9 cm³/mol. The fourth-order valence-electron chi connectivity index (χ4n) is 1.30. The van der Waals surface area contributed by atoms with E-state index in [1.807, 2.05) is 18.2 Å². The van der Waals surface area contributed by atoms with Crippen LogP contribution >= 0.6 is 0 Å². The lowest BCUT2D eigenvalue weighted by atomic mass is 10.1. The van der Waals surface area contributed by atoms with Crippen molar-refractivity contribution in [2.75, 3.05) is 19.8 Å². The Kier molecular flexibility index (Phi) is 5.72. The summed E-state index contributed by atoms with van der Waals surface area (Å²) >= 11 is 0. The molecular formula is C12H15N3O2. The largest absolute Gasteiger partial charge is 0.370 e. The molecule has 0 aliphatic heterocycles. The van der Waals surface area contributed by atoms with Gasteiger partial charge in [0, 0.05) is 13.1 Å². The Bertz CT molecular complexity index is 412. The van der Waals surface area contributed by atoms with Gasteiger partial charge in [-0.15, -0.1) is 0 Å². The van der Waals surface area contributed by atoms with Crippen LogP contribution in [-0.4, -0.2) is 25.7 Å². The Morgan fingerprint density at radius 1 is 1.53 bits per heavy atom. The second kappa shape index (κ2) is 7.39. The number of nitriles is 1. The van der Waals surface area contributed by atoms with Crippen molar-refractivity contribution >= 4 is 5.91 Å². The van der Waals surface area contributed by atoms with Gasteiger partial charge in [0.15, 0.2) is 0 Å². The molecule has 0 heterocycles. The van der Waals surface area contributed by atoms with E-state index in [2.05, 4.69) is 11.4 Å². The average molecular weight is 233 g/mol. The number of amides is 1. The van der Waals surface area contributed by atoms with Crippen LogP contribution in [0.2, 0.25) is 0 Å². The molecule has 1 aromatic rings. The van der Waals surface area contributed by atoms with Crippen LogP contribution in [0.15, 0.2) is 24.3 Å². The molecule has 0 fully saturated rings. The summed E-state index contributed by atoms with van der Waals surface area (Å²) in [7, 11) is 0. The first kappa shape index (κ1) is 13.2. The molecule has 0 unspecified atom stereocenters. The third-order valence-electron chi connectivity index (χ3n) is 2.05. The van der Waals surface area contributed by atoms with E-state index in [0.717, 1.165) is 5.56 Å². The van der Waals surface area contributed by atoms with Crippen molar-refractivity contribution in [1.29, 1.82) is 5.26 Å². The van der Waals surface area contributed by atoms with E-state index < -0.39 is 5.91 Å². The SMILES string of the molecule is N#Cc1cccc(CNCCOCC(N)=O)c1. The van der Waals surface area contributed by atoms with Crippen LogP contribution < -0.4 is 11.1 Å². The molecule has 1 rings (SSSR count). The van der Waals surface area contributed by atoms with Crippen molar-refractivity contribution in [2.24, 2.45) is 5.73 Å². The van der Waals surface area contributed by atoms with E-state index in [1.165, 1.54) is 0 Å². The number of nitrogens with two attached hydrogens (primary N) is 1. The zero-order valence-corrected chi connectivity index (χ0v) is 9.48. The van der Waals surface area contributed by atoms with Gasteiger partial charge in [0.2, 0.25) is 5.91 Å². The van der Waals surface area contributed by atoms with Crippen LogP contribution in [0.3, 0.4) is 0 Å². The second-order valence-corrected chi connectivity index (χ2v) is 3.51. The molecule has 0 spiro atoms. The van der Waals surface area contributed by atoms with E-state index in [0.29, 0.717) is 25.3 Å². The molecule has 0 atom stereocenters. The Balaban J connectivity index is 2.18. The van der Waals surface area contributed by atoms with Gasteiger partial charge >= 0.3 is 0 Å². The maximum atomic E-state index is 10.4. The molecule has 5 nitrogen and oxygen atoms in total. The molecule has 1 aromatic carbocycles. The van der Waals surface area contributed by atoms with Crippen molar-refractivity contribution in [3.63, 3.8) is 0 Å². The number of carbonyl (C=O) groups excluding carboxylic acids is 1. The van der Waals surface area contributed by atoms with Gasteiger partial charge in [-0.05, 0) is 17.7 Å². The number of ether oxygens (including phenoxy) is 1. The van der Waals surface area contributed by atoms with Crippen molar-refractivity contribution in [3.05, 3.63) is 35.4 Å². The smallest absolute Gasteiger partial charge is 0.243 e. The van der Waals surface area contributed by atoms with Crippen molar-refractivity contribution < 1.29 is 9.53 Å². The number of hydrogen-bond donors (Lipinski definition) is 2. The molecule has 0 aliphatic rings. The lowest BCUT2D eigenvalue weighted by Gasteiger charge is -2.05. The molecule has 17 heavy (non-hydrogen) atoms. The fraction of sp³-hybridized carbons (Fsp3) is 0.333. The minimum Gasteiger partial charge on any atom is -0.370 e. The maximum absolute atomic E-state index is 10.4. The van der Waals surface area contributed by atoms with Crippen molar-refractivity contribution in [1.82, 2.24) is 5.32 Å². The van der Waals surface area contributed by atoms with Gasteiger partial charge in [-0.25, -0.2) is 0 Å². The standard InChI is InChI=1S/C12H15N3O2/c13-7-10-2-1-3-11(6-10)8-15-4-5-17-9-12(14)16/h1-3,6,15H,4-5,8-9H2,(H2,14,16). The average Bonchev–Trinajstić information content (AvgIpc) is 2.33. The molecule has 0 saturated heterocycles. The molecule has 0 bridgehead atoms. The number of rotatable bonds is 7. The van der Waals surface area contributed by atoms with Crippen LogP contribution in [0.4, 0.5) is 0 Å². The summed E-state index contributed by atoms with van der Waals surface area (Å²) in [5.74, 6) is -0.466. The summed E-state index contributed by atoms with van der Waals surface area (Å²) < 4.78 is 4.99. The molecule has 90 valence electrons. The number of nitrogens with zero attached hydrogens (tertiary/aromatic N) is 1. The summed E-state index contributed by atoms with van der Waals surface area (Å²) in [5.41, 5.74) is 6.60. The lowest BCUT2D eigenvalue weighted by Crippen LogP contribution is -2.23. The van der Waals surface area contributed by atoms with Crippen LogP contribution in [0.25, 0.3) is 0 Å². The zero-order valence-electron chi connectivity index (χ0n) is 9.48. The first-order valence-corrected chi connectivity index (χ1v) is 5.28. The summed E-state index contributed by atoms with van der Waals surface area (Å²) in [6, 6.07) is 9.47. The van der Waals surface area contributed by atoms with E-state index in [4.69, 9.17) is 15.7 Å². The molecule has 0 radical (unpaired) electrons. The number of benzene rings is 1.